The van der Waals surface area contributed by atoms with Crippen molar-refractivity contribution < 1.29 is 24.2 Å². The highest BCUT2D eigenvalue weighted by Crippen LogP contribution is 2.36. The maximum atomic E-state index is 12.8. The first-order valence-corrected chi connectivity index (χ1v) is 9.93. The standard InChI is InChI=1S/C21H28N2O5/c1-3-18(25)15-4-6-17(7-5-15)28-13-16(24)12-23-19(26)21(22-20(23)27)10-8-14(2)9-11-21/h4-7,14,16,24H,3,8-13H2,1-2H3,(H,22,27)/t14?,16-,21?/m1/s1. The first kappa shape index (κ1) is 20.3. The average Bonchev–Trinajstić information content (AvgIpc) is 2.92. The molecule has 0 bridgehead atoms. The van der Waals surface area contributed by atoms with E-state index in [4.69, 9.17) is 4.74 Å². The van der Waals surface area contributed by atoms with Crippen LogP contribution in [0.1, 0.15) is 56.3 Å². The number of amides is 3. The first-order chi connectivity index (χ1) is 13.3. The first-order valence-electron chi connectivity index (χ1n) is 9.93. The van der Waals surface area contributed by atoms with Gasteiger partial charge in [0.2, 0.25) is 0 Å². The number of hydrogen-bond donors (Lipinski definition) is 2. The zero-order valence-electron chi connectivity index (χ0n) is 16.4. The second-order valence-corrected chi connectivity index (χ2v) is 7.88. The fourth-order valence-corrected chi connectivity index (χ4v) is 3.83. The molecule has 1 heterocycles. The molecule has 0 unspecified atom stereocenters. The van der Waals surface area contributed by atoms with Gasteiger partial charge in [0.05, 0.1) is 6.54 Å². The van der Waals surface area contributed by atoms with Crippen LogP contribution in [0.4, 0.5) is 4.79 Å². The molecule has 0 radical (unpaired) electrons. The van der Waals surface area contributed by atoms with Crippen molar-refractivity contribution in [1.29, 1.82) is 0 Å². The lowest BCUT2D eigenvalue weighted by Gasteiger charge is -2.33. The van der Waals surface area contributed by atoms with Crippen molar-refractivity contribution in [3.63, 3.8) is 0 Å². The molecule has 0 aromatic heterocycles. The summed E-state index contributed by atoms with van der Waals surface area (Å²) in [6, 6.07) is 6.25. The van der Waals surface area contributed by atoms with Gasteiger partial charge in [-0.1, -0.05) is 13.8 Å². The van der Waals surface area contributed by atoms with Crippen molar-refractivity contribution in [2.24, 2.45) is 5.92 Å². The summed E-state index contributed by atoms with van der Waals surface area (Å²) in [5, 5.41) is 13.1. The quantitative estimate of drug-likeness (QED) is 0.553. The topological polar surface area (TPSA) is 95.9 Å². The van der Waals surface area contributed by atoms with Gasteiger partial charge < -0.3 is 15.2 Å². The molecule has 1 spiro atoms. The maximum Gasteiger partial charge on any atom is 0.325 e. The zero-order chi connectivity index (χ0) is 20.3. The van der Waals surface area contributed by atoms with Gasteiger partial charge in [-0.05, 0) is 55.9 Å². The van der Waals surface area contributed by atoms with E-state index < -0.39 is 17.7 Å². The summed E-state index contributed by atoms with van der Waals surface area (Å²) < 4.78 is 5.54. The Morgan fingerprint density at radius 2 is 1.93 bits per heavy atom. The van der Waals surface area contributed by atoms with Crippen molar-refractivity contribution in [3.8, 4) is 5.75 Å². The molecular formula is C21H28N2O5. The van der Waals surface area contributed by atoms with E-state index in [9.17, 15) is 19.5 Å². The van der Waals surface area contributed by atoms with Crippen molar-refractivity contribution in [2.75, 3.05) is 13.2 Å². The van der Waals surface area contributed by atoms with Crippen LogP contribution in [0.25, 0.3) is 0 Å². The van der Waals surface area contributed by atoms with Crippen molar-refractivity contribution in [2.45, 2.75) is 57.6 Å². The number of aliphatic hydroxyl groups excluding tert-OH is 1. The third-order valence-corrected chi connectivity index (χ3v) is 5.71. The van der Waals surface area contributed by atoms with E-state index in [0.29, 0.717) is 36.5 Å². The monoisotopic (exact) mass is 388 g/mol. The Kier molecular flexibility index (Phi) is 6.03. The minimum Gasteiger partial charge on any atom is -0.491 e. The van der Waals surface area contributed by atoms with Crippen LogP contribution < -0.4 is 10.1 Å². The van der Waals surface area contributed by atoms with E-state index in [2.05, 4.69) is 12.2 Å². The largest absolute Gasteiger partial charge is 0.491 e. The van der Waals surface area contributed by atoms with Gasteiger partial charge in [-0.25, -0.2) is 4.79 Å². The number of hydrogen-bond acceptors (Lipinski definition) is 5. The third-order valence-electron chi connectivity index (χ3n) is 5.71. The third kappa shape index (κ3) is 4.19. The Bertz CT molecular complexity index is 738. The summed E-state index contributed by atoms with van der Waals surface area (Å²) in [4.78, 5) is 37.8. The number of Topliss-reactive ketones (excluding diaryl/α,β-unsaturated/α-hetero) is 1. The highest BCUT2D eigenvalue weighted by Gasteiger charge is 2.52. The van der Waals surface area contributed by atoms with Gasteiger partial charge in [-0.2, -0.15) is 0 Å². The van der Waals surface area contributed by atoms with Crippen molar-refractivity contribution in [1.82, 2.24) is 10.2 Å². The Morgan fingerprint density at radius 3 is 2.54 bits per heavy atom. The highest BCUT2D eigenvalue weighted by atomic mass is 16.5. The lowest BCUT2D eigenvalue weighted by molar-refractivity contribution is -0.133. The molecule has 1 saturated carbocycles. The van der Waals surface area contributed by atoms with E-state index in [1.807, 2.05) is 0 Å². The molecule has 1 aromatic carbocycles. The normalized spacial score (nSPS) is 25.7. The van der Waals surface area contributed by atoms with Crippen LogP contribution in [0.3, 0.4) is 0 Å². The molecule has 7 heteroatoms. The van der Waals surface area contributed by atoms with E-state index in [1.54, 1.807) is 31.2 Å². The Morgan fingerprint density at radius 1 is 1.29 bits per heavy atom. The molecule has 2 aliphatic rings. The molecular weight excluding hydrogens is 360 g/mol. The van der Waals surface area contributed by atoms with Crippen molar-refractivity contribution in [3.05, 3.63) is 29.8 Å². The molecule has 3 rings (SSSR count). The summed E-state index contributed by atoms with van der Waals surface area (Å²) in [5.41, 5.74) is -0.187. The molecule has 3 amide bonds. The number of imide groups is 1. The summed E-state index contributed by atoms with van der Waals surface area (Å²) in [6.07, 6.45) is 2.54. The van der Waals surface area contributed by atoms with Gasteiger partial charge in [0.1, 0.15) is 24.0 Å². The van der Waals surface area contributed by atoms with Gasteiger partial charge in [0, 0.05) is 12.0 Å². The second-order valence-electron chi connectivity index (χ2n) is 7.88. The number of urea groups is 1. The second kappa shape index (κ2) is 8.31. The van der Waals surface area contributed by atoms with Gasteiger partial charge in [-0.15, -0.1) is 0 Å². The van der Waals surface area contributed by atoms with Crippen LogP contribution in [0.2, 0.25) is 0 Å². The van der Waals surface area contributed by atoms with Gasteiger partial charge in [-0.3, -0.25) is 14.5 Å². The number of carbonyl (C=O) groups is 3. The summed E-state index contributed by atoms with van der Waals surface area (Å²) in [7, 11) is 0. The van der Waals surface area contributed by atoms with E-state index >= 15 is 0 Å². The fraction of sp³-hybridized carbons (Fsp3) is 0.571. The number of ether oxygens (including phenoxy) is 1. The number of benzene rings is 1. The predicted molar refractivity (Wildman–Crippen MR) is 103 cm³/mol. The maximum absolute atomic E-state index is 12.8. The number of β-amino-alcohol motifs (C(OH)–C–C–N with tert-alkyl or cyclic N) is 1. The van der Waals surface area contributed by atoms with E-state index in [1.165, 1.54) is 0 Å². The van der Waals surface area contributed by atoms with Crippen molar-refractivity contribution >= 4 is 17.7 Å². The Balaban J connectivity index is 1.53. The Labute approximate surface area is 165 Å². The van der Waals surface area contributed by atoms with E-state index in [0.717, 1.165) is 17.7 Å². The number of nitrogens with one attached hydrogen (secondary N) is 1. The minimum absolute atomic E-state index is 0.0520. The summed E-state index contributed by atoms with van der Waals surface area (Å²) in [5.74, 6) is 0.881. The molecule has 2 N–H and O–H groups in total. The summed E-state index contributed by atoms with van der Waals surface area (Å²) >= 11 is 0. The van der Waals surface area contributed by atoms with Crippen LogP contribution >= 0.6 is 0 Å². The molecule has 7 nitrogen and oxygen atoms in total. The Hall–Kier alpha value is -2.41. The number of carbonyl (C=O) groups excluding carboxylic acids is 3. The van der Waals surface area contributed by atoms with Crippen LogP contribution in [-0.4, -0.2) is 52.5 Å². The lowest BCUT2D eigenvalue weighted by atomic mass is 9.77. The van der Waals surface area contributed by atoms with Crippen LogP contribution in [0.15, 0.2) is 24.3 Å². The fourth-order valence-electron chi connectivity index (χ4n) is 3.83. The number of ketones is 1. The van der Waals surface area contributed by atoms with Crippen LogP contribution in [-0.2, 0) is 4.79 Å². The number of aliphatic hydroxyl groups is 1. The van der Waals surface area contributed by atoms with E-state index in [-0.39, 0.29) is 24.8 Å². The van der Waals surface area contributed by atoms with Gasteiger partial charge >= 0.3 is 6.03 Å². The molecule has 152 valence electrons. The predicted octanol–water partition coefficient (Wildman–Crippen LogP) is 2.52. The van der Waals surface area contributed by atoms with Gasteiger partial charge in [0.15, 0.2) is 5.78 Å². The smallest absolute Gasteiger partial charge is 0.325 e. The summed E-state index contributed by atoms with van der Waals surface area (Å²) in [6.45, 7) is 3.80. The molecule has 2 fully saturated rings. The number of rotatable bonds is 7. The van der Waals surface area contributed by atoms with Crippen LogP contribution in [0.5, 0.6) is 5.75 Å². The molecule has 1 atom stereocenters. The SMILES string of the molecule is CCC(=O)c1ccc(OC[C@H](O)CN2C(=O)NC3(CCC(C)CC3)C2=O)cc1. The minimum atomic E-state index is -0.996. The highest BCUT2D eigenvalue weighted by molar-refractivity contribution is 6.07. The average molecular weight is 388 g/mol. The zero-order valence-corrected chi connectivity index (χ0v) is 16.4. The molecule has 1 saturated heterocycles. The molecule has 1 aliphatic heterocycles. The molecule has 28 heavy (non-hydrogen) atoms. The lowest BCUT2D eigenvalue weighted by Crippen LogP contribution is -2.49. The number of nitrogens with zero attached hydrogens (tertiary/aromatic N) is 1. The molecule has 1 aliphatic carbocycles. The molecule has 1 aromatic rings. The van der Waals surface area contributed by atoms with Crippen LogP contribution in [0, 0.1) is 5.92 Å². The van der Waals surface area contributed by atoms with Gasteiger partial charge in [0.25, 0.3) is 5.91 Å².